The third-order valence-corrected chi connectivity index (χ3v) is 5.08. The summed E-state index contributed by atoms with van der Waals surface area (Å²) in [4.78, 5) is 23.6. The molecule has 0 fully saturated rings. The largest absolute Gasteiger partial charge is 0.472 e. The van der Waals surface area contributed by atoms with Gasteiger partial charge in [0.15, 0.2) is 0 Å². The number of anilines is 1. The zero-order valence-corrected chi connectivity index (χ0v) is 16.1. The van der Waals surface area contributed by atoms with Gasteiger partial charge in [0.1, 0.15) is 4.90 Å². The first-order valence-electron chi connectivity index (χ1n) is 8.05. The standard InChI is InChI=1S/C18H15ClF3NO4S/c1-2-7-15(24)23(17(25)18(20,21)22)16-13(12-8-4-3-5-9-12)10-6-11-14(16)28(19,26)27/h3-6,8-11H,2,7H2,1H3. The van der Waals surface area contributed by atoms with Crippen LogP contribution in [0.25, 0.3) is 11.1 Å². The van der Waals surface area contributed by atoms with Crippen molar-refractivity contribution in [3.63, 3.8) is 0 Å². The molecule has 28 heavy (non-hydrogen) atoms. The summed E-state index contributed by atoms with van der Waals surface area (Å²) < 4.78 is 63.7. The summed E-state index contributed by atoms with van der Waals surface area (Å²) in [6.07, 6.45) is -5.65. The minimum atomic E-state index is -5.40. The lowest BCUT2D eigenvalue weighted by Gasteiger charge is -2.26. The highest BCUT2D eigenvalue weighted by molar-refractivity contribution is 8.13. The number of hydrogen-bond acceptors (Lipinski definition) is 4. The molecule has 10 heteroatoms. The molecule has 0 unspecified atom stereocenters. The molecule has 2 amide bonds. The summed E-state index contributed by atoms with van der Waals surface area (Å²) in [5.74, 6) is -3.68. The Morgan fingerprint density at radius 2 is 1.64 bits per heavy atom. The first-order chi connectivity index (χ1) is 13.0. The van der Waals surface area contributed by atoms with E-state index in [4.69, 9.17) is 10.7 Å². The van der Waals surface area contributed by atoms with Gasteiger partial charge in [-0.2, -0.15) is 13.2 Å². The van der Waals surface area contributed by atoms with Crippen LogP contribution in [0.1, 0.15) is 19.8 Å². The van der Waals surface area contributed by atoms with Crippen molar-refractivity contribution in [1.82, 2.24) is 0 Å². The number of imide groups is 1. The molecule has 2 rings (SSSR count). The average Bonchev–Trinajstić information content (AvgIpc) is 2.61. The Labute approximate surface area is 164 Å². The van der Waals surface area contributed by atoms with E-state index < -0.39 is 44.0 Å². The van der Waals surface area contributed by atoms with Crippen LogP contribution in [0.4, 0.5) is 18.9 Å². The molecule has 0 N–H and O–H groups in total. The van der Waals surface area contributed by atoms with Crippen LogP contribution in [0, 0.1) is 0 Å². The average molecular weight is 434 g/mol. The number of carbonyl (C=O) groups is 2. The Hall–Kier alpha value is -2.39. The maximum Gasteiger partial charge on any atom is 0.472 e. The van der Waals surface area contributed by atoms with E-state index >= 15 is 0 Å². The van der Waals surface area contributed by atoms with Crippen molar-refractivity contribution in [2.75, 3.05) is 4.90 Å². The SMILES string of the molecule is CCCC(=O)N(C(=O)C(F)(F)F)c1c(-c2ccccc2)cccc1S(=O)(=O)Cl. The van der Waals surface area contributed by atoms with Crippen molar-refractivity contribution < 1.29 is 31.2 Å². The molecule has 0 radical (unpaired) electrons. The summed E-state index contributed by atoms with van der Waals surface area (Å²) in [5.41, 5.74) is -0.460. The number of alkyl halides is 3. The van der Waals surface area contributed by atoms with Crippen molar-refractivity contribution in [3.8, 4) is 11.1 Å². The van der Waals surface area contributed by atoms with Crippen LogP contribution in [-0.4, -0.2) is 26.4 Å². The predicted octanol–water partition coefficient (Wildman–Crippen LogP) is 4.50. The Bertz CT molecular complexity index is 992. The quantitative estimate of drug-likeness (QED) is 0.651. The molecule has 0 spiro atoms. The van der Waals surface area contributed by atoms with Gasteiger partial charge in [-0.3, -0.25) is 9.59 Å². The summed E-state index contributed by atoms with van der Waals surface area (Å²) in [5, 5.41) is 0. The second-order valence-corrected chi connectivity index (χ2v) is 8.27. The molecule has 0 heterocycles. The van der Waals surface area contributed by atoms with Crippen molar-refractivity contribution >= 4 is 37.2 Å². The third-order valence-electron chi connectivity index (χ3n) is 3.73. The molecule has 0 saturated carbocycles. The van der Waals surface area contributed by atoms with E-state index in [9.17, 15) is 31.2 Å². The van der Waals surface area contributed by atoms with Crippen LogP contribution >= 0.6 is 10.7 Å². The lowest BCUT2D eigenvalue weighted by atomic mass is 10.0. The van der Waals surface area contributed by atoms with E-state index in [0.29, 0.717) is 5.56 Å². The maximum atomic E-state index is 13.2. The highest BCUT2D eigenvalue weighted by Crippen LogP contribution is 2.40. The summed E-state index contributed by atoms with van der Waals surface area (Å²) >= 11 is 0. The van der Waals surface area contributed by atoms with Gasteiger partial charge in [0.25, 0.3) is 9.05 Å². The summed E-state index contributed by atoms with van der Waals surface area (Å²) in [6, 6.07) is 11.3. The molecule has 0 aliphatic carbocycles. The summed E-state index contributed by atoms with van der Waals surface area (Å²) in [6.45, 7) is 1.54. The fraction of sp³-hybridized carbons (Fsp3) is 0.222. The van der Waals surface area contributed by atoms with Gasteiger partial charge in [-0.25, -0.2) is 13.3 Å². The van der Waals surface area contributed by atoms with Crippen molar-refractivity contribution in [2.24, 2.45) is 0 Å². The van der Waals surface area contributed by atoms with Crippen molar-refractivity contribution in [2.45, 2.75) is 30.8 Å². The van der Waals surface area contributed by atoms with Crippen LogP contribution in [0.15, 0.2) is 53.4 Å². The van der Waals surface area contributed by atoms with E-state index in [2.05, 4.69) is 0 Å². The Kier molecular flexibility index (Phi) is 6.51. The number of carbonyl (C=O) groups excluding carboxylic acids is 2. The van der Waals surface area contributed by atoms with Gasteiger partial charge in [0.05, 0.1) is 5.69 Å². The zero-order chi connectivity index (χ0) is 21.1. The molecule has 0 aliphatic rings. The molecular weight excluding hydrogens is 419 g/mol. The number of rotatable bonds is 5. The smallest absolute Gasteiger partial charge is 0.274 e. The first-order valence-corrected chi connectivity index (χ1v) is 10.4. The fourth-order valence-corrected chi connectivity index (χ4v) is 3.64. The zero-order valence-electron chi connectivity index (χ0n) is 14.5. The minimum absolute atomic E-state index is 0.0515. The van der Waals surface area contributed by atoms with Gasteiger partial charge >= 0.3 is 12.1 Å². The number of nitrogens with zero attached hydrogens (tertiary/aromatic N) is 1. The van der Waals surface area contributed by atoms with E-state index in [-0.39, 0.29) is 16.9 Å². The number of benzene rings is 2. The number of para-hydroxylation sites is 1. The Morgan fingerprint density at radius 3 is 2.14 bits per heavy atom. The van der Waals surface area contributed by atoms with E-state index in [1.54, 1.807) is 18.2 Å². The van der Waals surface area contributed by atoms with E-state index in [0.717, 1.165) is 6.07 Å². The van der Waals surface area contributed by atoms with Gasteiger partial charge in [0, 0.05) is 22.7 Å². The molecule has 0 atom stereocenters. The second kappa shape index (κ2) is 8.32. The van der Waals surface area contributed by atoms with Crippen LogP contribution in [0.5, 0.6) is 0 Å². The Balaban J connectivity index is 2.90. The van der Waals surface area contributed by atoms with Crippen LogP contribution in [0.3, 0.4) is 0 Å². The van der Waals surface area contributed by atoms with Crippen molar-refractivity contribution in [1.29, 1.82) is 0 Å². The monoisotopic (exact) mass is 433 g/mol. The molecular formula is C18H15ClF3NO4S. The predicted molar refractivity (Wildman–Crippen MR) is 98.4 cm³/mol. The van der Waals surface area contributed by atoms with Crippen molar-refractivity contribution in [3.05, 3.63) is 48.5 Å². The van der Waals surface area contributed by atoms with Crippen LogP contribution in [-0.2, 0) is 18.6 Å². The molecule has 5 nitrogen and oxygen atoms in total. The van der Waals surface area contributed by atoms with Gasteiger partial charge in [0.2, 0.25) is 5.91 Å². The normalized spacial score (nSPS) is 11.9. The molecule has 0 aliphatic heterocycles. The highest BCUT2D eigenvalue weighted by Gasteiger charge is 2.47. The van der Waals surface area contributed by atoms with E-state index in [1.165, 1.54) is 31.2 Å². The number of amides is 2. The molecule has 2 aromatic carbocycles. The van der Waals surface area contributed by atoms with Gasteiger partial charge in [-0.1, -0.05) is 49.4 Å². The molecule has 2 aromatic rings. The maximum absolute atomic E-state index is 13.2. The lowest BCUT2D eigenvalue weighted by molar-refractivity contribution is -0.171. The summed E-state index contributed by atoms with van der Waals surface area (Å²) in [7, 11) is 0.832. The van der Waals surface area contributed by atoms with Crippen LogP contribution < -0.4 is 4.90 Å². The Morgan fingerprint density at radius 1 is 1.04 bits per heavy atom. The van der Waals surface area contributed by atoms with Crippen LogP contribution in [0.2, 0.25) is 0 Å². The molecule has 150 valence electrons. The molecule has 0 aromatic heterocycles. The second-order valence-electron chi connectivity index (χ2n) is 5.74. The molecule has 0 bridgehead atoms. The highest BCUT2D eigenvalue weighted by atomic mass is 35.7. The number of halogens is 4. The molecule has 0 saturated heterocycles. The van der Waals surface area contributed by atoms with Gasteiger partial charge < -0.3 is 0 Å². The topological polar surface area (TPSA) is 71.5 Å². The lowest BCUT2D eigenvalue weighted by Crippen LogP contribution is -2.45. The third kappa shape index (κ3) is 4.71. The van der Waals surface area contributed by atoms with Gasteiger partial charge in [-0.05, 0) is 18.1 Å². The van der Waals surface area contributed by atoms with E-state index in [1.807, 2.05) is 0 Å². The fourth-order valence-electron chi connectivity index (χ4n) is 2.59. The number of hydrogen-bond donors (Lipinski definition) is 0. The van der Waals surface area contributed by atoms with Gasteiger partial charge in [-0.15, -0.1) is 0 Å². The minimum Gasteiger partial charge on any atom is -0.274 e. The first kappa shape index (κ1) is 21.9.